The molecular formula is C9H11ClN2O3. The van der Waals surface area contributed by atoms with Crippen molar-refractivity contribution in [2.45, 2.75) is 13.0 Å². The average molecular weight is 231 g/mol. The molecule has 1 aromatic carbocycles. The molecule has 1 atom stereocenters. The minimum atomic E-state index is -0.510. The summed E-state index contributed by atoms with van der Waals surface area (Å²) >= 11 is 5.81. The molecule has 0 amide bonds. The number of hydrogen-bond acceptors (Lipinski definition) is 4. The largest absolute Gasteiger partial charge is 0.392 e. The summed E-state index contributed by atoms with van der Waals surface area (Å²) < 4.78 is 0. The number of aliphatic hydroxyl groups excluding tert-OH is 1. The van der Waals surface area contributed by atoms with E-state index in [1.54, 1.807) is 6.92 Å². The smallest absolute Gasteiger partial charge is 0.271 e. The minimum Gasteiger partial charge on any atom is -0.392 e. The second-order valence-corrected chi connectivity index (χ2v) is 3.56. The van der Waals surface area contributed by atoms with Crippen molar-refractivity contribution in [1.82, 2.24) is 0 Å². The van der Waals surface area contributed by atoms with Crippen molar-refractivity contribution in [3.05, 3.63) is 33.3 Å². The van der Waals surface area contributed by atoms with Gasteiger partial charge in [-0.05, 0) is 13.0 Å². The van der Waals surface area contributed by atoms with Gasteiger partial charge < -0.3 is 10.4 Å². The van der Waals surface area contributed by atoms with Crippen LogP contribution in [0.15, 0.2) is 18.2 Å². The molecule has 15 heavy (non-hydrogen) atoms. The standard InChI is InChI=1S/C9H11ClN2O3/c1-6(13)5-11-9-3-2-7(12(14)15)4-8(9)10/h2-4,6,11,13H,5H2,1H3. The first kappa shape index (κ1) is 11.7. The lowest BCUT2D eigenvalue weighted by Gasteiger charge is -2.09. The van der Waals surface area contributed by atoms with Gasteiger partial charge in [-0.2, -0.15) is 0 Å². The lowest BCUT2D eigenvalue weighted by Crippen LogP contribution is -2.15. The lowest BCUT2D eigenvalue weighted by molar-refractivity contribution is -0.384. The summed E-state index contributed by atoms with van der Waals surface area (Å²) in [5.74, 6) is 0. The van der Waals surface area contributed by atoms with Crippen LogP contribution in [0.25, 0.3) is 0 Å². The van der Waals surface area contributed by atoms with Crippen LogP contribution in [-0.2, 0) is 0 Å². The topological polar surface area (TPSA) is 75.4 Å². The number of rotatable bonds is 4. The predicted molar refractivity (Wildman–Crippen MR) is 58.3 cm³/mol. The highest BCUT2D eigenvalue weighted by Gasteiger charge is 2.09. The van der Waals surface area contributed by atoms with E-state index >= 15 is 0 Å². The molecule has 6 heteroatoms. The van der Waals surface area contributed by atoms with Crippen LogP contribution in [0.5, 0.6) is 0 Å². The molecule has 0 heterocycles. The fourth-order valence-electron chi connectivity index (χ4n) is 1.02. The van der Waals surface area contributed by atoms with Crippen LogP contribution in [0.3, 0.4) is 0 Å². The van der Waals surface area contributed by atoms with Gasteiger partial charge in [0.15, 0.2) is 0 Å². The molecule has 0 saturated heterocycles. The summed E-state index contributed by atoms with van der Waals surface area (Å²) in [7, 11) is 0. The van der Waals surface area contributed by atoms with Gasteiger partial charge in [0.2, 0.25) is 0 Å². The molecule has 0 bridgehead atoms. The molecule has 0 spiro atoms. The summed E-state index contributed by atoms with van der Waals surface area (Å²) in [6, 6.07) is 4.14. The maximum absolute atomic E-state index is 10.4. The first-order chi connectivity index (χ1) is 7.00. The van der Waals surface area contributed by atoms with E-state index in [9.17, 15) is 10.1 Å². The zero-order valence-electron chi connectivity index (χ0n) is 8.11. The van der Waals surface area contributed by atoms with E-state index in [1.165, 1.54) is 18.2 Å². The highest BCUT2D eigenvalue weighted by Crippen LogP contribution is 2.26. The zero-order valence-corrected chi connectivity index (χ0v) is 8.86. The Morgan fingerprint density at radius 3 is 2.80 bits per heavy atom. The monoisotopic (exact) mass is 230 g/mol. The van der Waals surface area contributed by atoms with Crippen molar-refractivity contribution < 1.29 is 10.0 Å². The number of nitro benzene ring substituents is 1. The molecule has 0 saturated carbocycles. The Balaban J connectivity index is 2.79. The second kappa shape index (κ2) is 4.95. The number of nitro groups is 1. The minimum absolute atomic E-state index is 0.0532. The summed E-state index contributed by atoms with van der Waals surface area (Å²) in [6.07, 6.45) is -0.503. The number of nitrogens with one attached hydrogen (secondary N) is 1. The molecule has 1 aromatic rings. The molecule has 5 nitrogen and oxygen atoms in total. The second-order valence-electron chi connectivity index (χ2n) is 3.15. The number of non-ortho nitro benzene ring substituents is 1. The molecule has 0 aliphatic rings. The van der Waals surface area contributed by atoms with Crippen LogP contribution >= 0.6 is 11.6 Å². The van der Waals surface area contributed by atoms with Crippen LogP contribution in [0, 0.1) is 10.1 Å². The summed E-state index contributed by atoms with van der Waals surface area (Å²) in [6.45, 7) is 1.98. The maximum Gasteiger partial charge on any atom is 0.271 e. The number of benzene rings is 1. The Hall–Kier alpha value is -1.33. The number of anilines is 1. The normalized spacial score (nSPS) is 12.2. The maximum atomic E-state index is 10.4. The Kier molecular flexibility index (Phi) is 3.88. The SMILES string of the molecule is CC(O)CNc1ccc([N+](=O)[O-])cc1Cl. The molecule has 0 aromatic heterocycles. The van der Waals surface area contributed by atoms with E-state index < -0.39 is 11.0 Å². The third kappa shape index (κ3) is 3.38. The molecule has 82 valence electrons. The van der Waals surface area contributed by atoms with Crippen molar-refractivity contribution in [1.29, 1.82) is 0 Å². The summed E-state index contributed by atoms with van der Waals surface area (Å²) in [4.78, 5) is 9.91. The van der Waals surface area contributed by atoms with Gasteiger partial charge in [-0.15, -0.1) is 0 Å². The van der Waals surface area contributed by atoms with E-state index in [0.717, 1.165) is 0 Å². The molecule has 0 aliphatic heterocycles. The van der Waals surface area contributed by atoms with Crippen LogP contribution in [-0.4, -0.2) is 22.7 Å². The number of hydrogen-bond donors (Lipinski definition) is 2. The highest BCUT2D eigenvalue weighted by atomic mass is 35.5. The van der Waals surface area contributed by atoms with E-state index in [2.05, 4.69) is 5.32 Å². The third-order valence-corrected chi connectivity index (χ3v) is 2.06. The van der Waals surface area contributed by atoms with Gasteiger partial charge in [0, 0.05) is 18.7 Å². The molecule has 0 aliphatic carbocycles. The third-order valence-electron chi connectivity index (χ3n) is 1.75. The fourth-order valence-corrected chi connectivity index (χ4v) is 1.26. The Morgan fingerprint density at radius 2 is 2.33 bits per heavy atom. The molecule has 2 N–H and O–H groups in total. The van der Waals surface area contributed by atoms with Gasteiger partial charge in [-0.1, -0.05) is 11.6 Å². The molecule has 1 rings (SSSR count). The molecule has 1 unspecified atom stereocenters. The van der Waals surface area contributed by atoms with Gasteiger partial charge >= 0.3 is 0 Å². The molecular weight excluding hydrogens is 220 g/mol. The lowest BCUT2D eigenvalue weighted by atomic mass is 10.2. The average Bonchev–Trinajstić information content (AvgIpc) is 2.15. The zero-order chi connectivity index (χ0) is 11.4. The number of halogens is 1. The fraction of sp³-hybridized carbons (Fsp3) is 0.333. The van der Waals surface area contributed by atoms with Gasteiger partial charge in [0.1, 0.15) is 0 Å². The van der Waals surface area contributed by atoms with Crippen molar-refractivity contribution in [3.63, 3.8) is 0 Å². The van der Waals surface area contributed by atoms with E-state index in [0.29, 0.717) is 12.2 Å². The van der Waals surface area contributed by atoms with Gasteiger partial charge in [-0.25, -0.2) is 0 Å². The van der Waals surface area contributed by atoms with E-state index in [-0.39, 0.29) is 10.7 Å². The van der Waals surface area contributed by atoms with Gasteiger partial charge in [0.25, 0.3) is 5.69 Å². The van der Waals surface area contributed by atoms with Crippen molar-refractivity contribution >= 4 is 23.0 Å². The van der Waals surface area contributed by atoms with Gasteiger partial charge in [0.05, 0.1) is 21.7 Å². The Bertz CT molecular complexity index is 368. The Labute approximate surface area is 91.8 Å². The van der Waals surface area contributed by atoms with Crippen LogP contribution < -0.4 is 5.32 Å². The number of aliphatic hydroxyl groups is 1. The quantitative estimate of drug-likeness (QED) is 0.613. The molecule has 0 fully saturated rings. The number of nitrogens with zero attached hydrogens (tertiary/aromatic N) is 1. The van der Waals surface area contributed by atoms with Crippen molar-refractivity contribution in [2.75, 3.05) is 11.9 Å². The molecule has 0 radical (unpaired) electrons. The summed E-state index contributed by atoms with van der Waals surface area (Å²) in [5, 5.41) is 22.6. The Morgan fingerprint density at radius 1 is 1.67 bits per heavy atom. The van der Waals surface area contributed by atoms with Crippen LogP contribution in [0.1, 0.15) is 6.92 Å². The van der Waals surface area contributed by atoms with Crippen molar-refractivity contribution in [3.8, 4) is 0 Å². The first-order valence-corrected chi connectivity index (χ1v) is 4.74. The van der Waals surface area contributed by atoms with Crippen LogP contribution in [0.2, 0.25) is 5.02 Å². The van der Waals surface area contributed by atoms with E-state index in [1.807, 2.05) is 0 Å². The first-order valence-electron chi connectivity index (χ1n) is 4.36. The predicted octanol–water partition coefficient (Wildman–Crippen LogP) is 2.04. The summed E-state index contributed by atoms with van der Waals surface area (Å²) in [5.41, 5.74) is 0.519. The van der Waals surface area contributed by atoms with E-state index in [4.69, 9.17) is 16.7 Å². The van der Waals surface area contributed by atoms with Gasteiger partial charge in [-0.3, -0.25) is 10.1 Å². The highest BCUT2D eigenvalue weighted by molar-refractivity contribution is 6.33. The van der Waals surface area contributed by atoms with Crippen molar-refractivity contribution in [2.24, 2.45) is 0 Å². The van der Waals surface area contributed by atoms with Crippen LogP contribution in [0.4, 0.5) is 11.4 Å².